The maximum Gasteiger partial charge on any atom is 0.243 e. The Hall–Kier alpha value is -3.23. The first kappa shape index (κ1) is 23.5. The minimum Gasteiger partial charge on any atom is -0.492 e. The van der Waals surface area contributed by atoms with Gasteiger partial charge in [0.05, 0.1) is 11.4 Å². The number of carbonyl (C=O) groups excluding carboxylic acids is 1. The lowest BCUT2D eigenvalue weighted by Gasteiger charge is -2.24. The van der Waals surface area contributed by atoms with Crippen molar-refractivity contribution in [1.82, 2.24) is 4.31 Å². The summed E-state index contributed by atoms with van der Waals surface area (Å²) in [5.41, 5.74) is 2.82. The van der Waals surface area contributed by atoms with Gasteiger partial charge in [-0.15, -0.1) is 0 Å². The van der Waals surface area contributed by atoms with Crippen molar-refractivity contribution >= 4 is 21.6 Å². The summed E-state index contributed by atoms with van der Waals surface area (Å²) in [5, 5.41) is 0. The number of amides is 1. The largest absolute Gasteiger partial charge is 0.492 e. The number of nitrogens with zero attached hydrogens (tertiary/aromatic N) is 2. The normalized spacial score (nSPS) is 16.2. The molecule has 1 fully saturated rings. The standard InChI is InChI=1S/C27H27FN2O4S/c1-19-7-11-24(16-25(19)28)35(32,33)29-13-14-34-26-12-8-20(15-22(26)18-29)17-30(27(31)21-9-10-21)23-5-3-2-4-6-23/h2-8,11-12,15-16,21H,9-10,13-14,17-18H2,1H3. The van der Waals surface area contributed by atoms with Gasteiger partial charge in [-0.05, 0) is 67.3 Å². The minimum absolute atomic E-state index is 0.0647. The average molecular weight is 495 g/mol. The number of carbonyl (C=O) groups is 1. The molecule has 0 N–H and O–H groups in total. The molecular weight excluding hydrogens is 467 g/mol. The number of hydrogen-bond acceptors (Lipinski definition) is 4. The molecule has 182 valence electrons. The zero-order chi connectivity index (χ0) is 24.6. The van der Waals surface area contributed by atoms with Crippen LogP contribution in [0.5, 0.6) is 5.75 Å². The van der Waals surface area contributed by atoms with Gasteiger partial charge in [-0.2, -0.15) is 4.31 Å². The fourth-order valence-corrected chi connectivity index (χ4v) is 5.66. The molecule has 0 saturated heterocycles. The van der Waals surface area contributed by atoms with E-state index in [1.807, 2.05) is 48.5 Å². The molecule has 8 heteroatoms. The van der Waals surface area contributed by atoms with Gasteiger partial charge >= 0.3 is 0 Å². The highest BCUT2D eigenvalue weighted by Crippen LogP contribution is 2.34. The summed E-state index contributed by atoms with van der Waals surface area (Å²) >= 11 is 0. The number of ether oxygens (including phenoxy) is 1. The number of para-hydroxylation sites is 1. The molecule has 0 atom stereocenters. The number of anilines is 1. The van der Waals surface area contributed by atoms with Gasteiger partial charge in [0.1, 0.15) is 18.2 Å². The summed E-state index contributed by atoms with van der Waals surface area (Å²) in [4.78, 5) is 14.7. The number of fused-ring (bicyclic) bond motifs is 1. The Bertz CT molecular complexity index is 1360. The van der Waals surface area contributed by atoms with Gasteiger partial charge in [0.15, 0.2) is 0 Å². The van der Waals surface area contributed by atoms with Crippen LogP contribution in [0.4, 0.5) is 10.1 Å². The van der Waals surface area contributed by atoms with Gasteiger partial charge in [-0.25, -0.2) is 12.8 Å². The van der Waals surface area contributed by atoms with Gasteiger partial charge in [-0.1, -0.05) is 30.3 Å². The Morgan fingerprint density at radius 2 is 1.86 bits per heavy atom. The SMILES string of the molecule is Cc1ccc(S(=O)(=O)N2CCOc3ccc(CN(C(=O)C4CC4)c4ccccc4)cc3C2)cc1F. The van der Waals surface area contributed by atoms with E-state index in [4.69, 9.17) is 4.74 Å². The maximum atomic E-state index is 14.1. The number of benzene rings is 3. The van der Waals surface area contributed by atoms with Gasteiger partial charge < -0.3 is 9.64 Å². The molecule has 0 bridgehead atoms. The van der Waals surface area contributed by atoms with Crippen molar-refractivity contribution in [1.29, 1.82) is 0 Å². The summed E-state index contributed by atoms with van der Waals surface area (Å²) in [6, 6.07) is 19.2. The predicted molar refractivity (Wildman–Crippen MR) is 131 cm³/mol. The molecule has 2 aliphatic rings. The van der Waals surface area contributed by atoms with Gasteiger partial charge in [0, 0.05) is 30.3 Å². The second-order valence-corrected chi connectivity index (χ2v) is 11.0. The molecule has 3 aromatic rings. The lowest BCUT2D eigenvalue weighted by atomic mass is 10.1. The second kappa shape index (κ2) is 9.43. The number of halogens is 1. The Morgan fingerprint density at radius 1 is 1.09 bits per heavy atom. The van der Waals surface area contributed by atoms with E-state index < -0.39 is 15.8 Å². The highest BCUT2D eigenvalue weighted by molar-refractivity contribution is 7.89. The molecule has 6 nitrogen and oxygen atoms in total. The molecular formula is C27H27FN2O4S. The predicted octanol–water partition coefficient (Wildman–Crippen LogP) is 4.66. The zero-order valence-corrected chi connectivity index (χ0v) is 20.3. The highest BCUT2D eigenvalue weighted by atomic mass is 32.2. The number of hydrogen-bond donors (Lipinski definition) is 0. The molecule has 1 aliphatic carbocycles. The topological polar surface area (TPSA) is 66.9 Å². The molecule has 1 heterocycles. The molecule has 1 aliphatic heterocycles. The van der Waals surface area contributed by atoms with Crippen LogP contribution in [0.1, 0.15) is 29.5 Å². The third-order valence-electron chi connectivity index (χ3n) is 6.45. The third-order valence-corrected chi connectivity index (χ3v) is 8.29. The molecule has 0 aromatic heterocycles. The first-order chi connectivity index (χ1) is 16.8. The average Bonchev–Trinajstić information content (AvgIpc) is 3.71. The Kier molecular flexibility index (Phi) is 6.34. The van der Waals surface area contributed by atoms with Gasteiger partial charge in [0.2, 0.25) is 15.9 Å². The van der Waals surface area contributed by atoms with Crippen LogP contribution in [-0.2, 0) is 27.9 Å². The van der Waals surface area contributed by atoms with Crippen molar-refractivity contribution in [3.63, 3.8) is 0 Å². The van der Waals surface area contributed by atoms with E-state index in [9.17, 15) is 17.6 Å². The smallest absolute Gasteiger partial charge is 0.243 e. The van der Waals surface area contributed by atoms with E-state index in [0.717, 1.165) is 30.2 Å². The van der Waals surface area contributed by atoms with E-state index in [0.29, 0.717) is 23.4 Å². The first-order valence-electron chi connectivity index (χ1n) is 11.7. The summed E-state index contributed by atoms with van der Waals surface area (Å²) in [5.74, 6) is 0.227. The fraction of sp³-hybridized carbons (Fsp3) is 0.296. The summed E-state index contributed by atoms with van der Waals surface area (Å²) in [6.45, 7) is 2.41. The molecule has 3 aromatic carbocycles. The zero-order valence-electron chi connectivity index (χ0n) is 19.5. The van der Waals surface area contributed by atoms with Crippen LogP contribution in [0.2, 0.25) is 0 Å². The van der Waals surface area contributed by atoms with E-state index in [-0.39, 0.29) is 36.4 Å². The van der Waals surface area contributed by atoms with Crippen molar-refractivity contribution in [2.45, 2.75) is 37.8 Å². The summed E-state index contributed by atoms with van der Waals surface area (Å²) in [7, 11) is -3.91. The second-order valence-electron chi connectivity index (χ2n) is 9.07. The summed E-state index contributed by atoms with van der Waals surface area (Å²) in [6.07, 6.45) is 1.82. The number of sulfonamides is 1. The highest BCUT2D eigenvalue weighted by Gasteiger charge is 2.34. The van der Waals surface area contributed by atoms with Crippen LogP contribution < -0.4 is 9.64 Å². The minimum atomic E-state index is -3.91. The quantitative estimate of drug-likeness (QED) is 0.500. The monoisotopic (exact) mass is 494 g/mol. The molecule has 1 saturated carbocycles. The van der Waals surface area contributed by atoms with Crippen LogP contribution in [0.15, 0.2) is 71.6 Å². The number of aryl methyl sites for hydroxylation is 1. The van der Waals surface area contributed by atoms with Crippen LogP contribution in [-0.4, -0.2) is 31.8 Å². The lowest BCUT2D eigenvalue weighted by Crippen LogP contribution is -2.33. The van der Waals surface area contributed by atoms with Crippen LogP contribution >= 0.6 is 0 Å². The van der Waals surface area contributed by atoms with Crippen LogP contribution in [0.3, 0.4) is 0 Å². The first-order valence-corrected chi connectivity index (χ1v) is 13.1. The fourth-order valence-electron chi connectivity index (χ4n) is 4.25. The Labute approximate surface area is 205 Å². The van der Waals surface area contributed by atoms with E-state index in [1.54, 1.807) is 11.8 Å². The van der Waals surface area contributed by atoms with E-state index in [2.05, 4.69) is 0 Å². The molecule has 0 radical (unpaired) electrons. The van der Waals surface area contributed by atoms with E-state index >= 15 is 0 Å². The molecule has 35 heavy (non-hydrogen) atoms. The number of rotatable bonds is 6. The molecule has 0 unspecified atom stereocenters. The van der Waals surface area contributed by atoms with Gasteiger partial charge in [-0.3, -0.25) is 4.79 Å². The lowest BCUT2D eigenvalue weighted by molar-refractivity contribution is -0.119. The maximum absolute atomic E-state index is 14.1. The van der Waals surface area contributed by atoms with Gasteiger partial charge in [0.25, 0.3) is 0 Å². The Morgan fingerprint density at radius 3 is 2.57 bits per heavy atom. The molecule has 1 amide bonds. The summed E-state index contributed by atoms with van der Waals surface area (Å²) < 4.78 is 47.8. The van der Waals surface area contributed by atoms with Crippen molar-refractivity contribution < 1.29 is 22.3 Å². The molecule has 5 rings (SSSR count). The van der Waals surface area contributed by atoms with Crippen molar-refractivity contribution in [3.05, 3.63) is 89.2 Å². The van der Waals surface area contributed by atoms with Crippen molar-refractivity contribution in [2.75, 3.05) is 18.1 Å². The van der Waals surface area contributed by atoms with Crippen LogP contribution in [0, 0.1) is 18.7 Å². The van der Waals surface area contributed by atoms with Crippen LogP contribution in [0.25, 0.3) is 0 Å². The van der Waals surface area contributed by atoms with Crippen molar-refractivity contribution in [3.8, 4) is 5.75 Å². The van der Waals surface area contributed by atoms with Crippen molar-refractivity contribution in [2.24, 2.45) is 5.92 Å². The molecule has 0 spiro atoms. The Balaban J connectivity index is 1.42. The van der Waals surface area contributed by atoms with E-state index in [1.165, 1.54) is 16.4 Å². The third kappa shape index (κ3) is 4.94.